The number of pyridine rings is 3. The lowest BCUT2D eigenvalue weighted by Crippen LogP contribution is -1.87. The molecule has 0 aliphatic rings. The van der Waals surface area contributed by atoms with Crippen molar-refractivity contribution in [3.05, 3.63) is 65.9 Å². The SMILES string of the molecule is c1ccc(-c2cc3c(-c4nc5c(-c6ccsc6)cncc5[nH]4)n[nH]c3cn2)nc1. The number of rotatable bonds is 3. The first-order chi connectivity index (χ1) is 14.4. The molecule has 6 rings (SSSR count). The summed E-state index contributed by atoms with van der Waals surface area (Å²) in [5.74, 6) is 0.689. The number of aromatic amines is 2. The van der Waals surface area contributed by atoms with Crippen molar-refractivity contribution in [1.29, 1.82) is 0 Å². The Hall–Kier alpha value is -3.91. The van der Waals surface area contributed by atoms with Crippen LogP contribution in [0.3, 0.4) is 0 Å². The number of H-pyrrole nitrogens is 2. The maximum Gasteiger partial charge on any atom is 0.159 e. The van der Waals surface area contributed by atoms with Gasteiger partial charge in [0, 0.05) is 23.3 Å². The van der Waals surface area contributed by atoms with Gasteiger partial charge in [0.15, 0.2) is 5.82 Å². The number of nitrogens with zero attached hydrogens (tertiary/aromatic N) is 5. The van der Waals surface area contributed by atoms with Crippen molar-refractivity contribution < 1.29 is 0 Å². The largest absolute Gasteiger partial charge is 0.335 e. The highest BCUT2D eigenvalue weighted by Gasteiger charge is 2.16. The molecular formula is C21H13N7S. The second-order valence-corrected chi connectivity index (χ2v) is 7.36. The molecule has 8 heteroatoms. The summed E-state index contributed by atoms with van der Waals surface area (Å²) in [6.07, 6.45) is 7.17. The van der Waals surface area contributed by atoms with Crippen molar-refractivity contribution in [2.45, 2.75) is 0 Å². The maximum absolute atomic E-state index is 4.85. The van der Waals surface area contributed by atoms with Crippen molar-refractivity contribution in [3.8, 4) is 34.0 Å². The quantitative estimate of drug-likeness (QED) is 0.453. The average molecular weight is 395 g/mol. The van der Waals surface area contributed by atoms with E-state index < -0.39 is 0 Å². The van der Waals surface area contributed by atoms with Crippen LogP contribution in [0, 0.1) is 0 Å². The molecule has 29 heavy (non-hydrogen) atoms. The summed E-state index contributed by atoms with van der Waals surface area (Å²) in [6.45, 7) is 0. The van der Waals surface area contributed by atoms with Crippen molar-refractivity contribution in [2.24, 2.45) is 0 Å². The molecule has 0 radical (unpaired) electrons. The van der Waals surface area contributed by atoms with Gasteiger partial charge in [0.2, 0.25) is 0 Å². The lowest BCUT2D eigenvalue weighted by atomic mass is 10.1. The highest BCUT2D eigenvalue weighted by atomic mass is 32.1. The molecule has 0 saturated heterocycles. The van der Waals surface area contributed by atoms with Crippen molar-refractivity contribution in [3.63, 3.8) is 0 Å². The molecule has 6 aromatic rings. The first-order valence-electron chi connectivity index (χ1n) is 8.99. The van der Waals surface area contributed by atoms with Crippen molar-refractivity contribution >= 4 is 33.3 Å². The smallest absolute Gasteiger partial charge is 0.159 e. The van der Waals surface area contributed by atoms with E-state index in [1.54, 1.807) is 29.9 Å². The lowest BCUT2D eigenvalue weighted by Gasteiger charge is -2.00. The average Bonchev–Trinajstić information content (AvgIpc) is 3.52. The zero-order valence-electron chi connectivity index (χ0n) is 15.0. The first kappa shape index (κ1) is 16.1. The number of fused-ring (bicyclic) bond motifs is 2. The van der Waals surface area contributed by atoms with Crippen LogP contribution in [0.4, 0.5) is 0 Å². The third-order valence-electron chi connectivity index (χ3n) is 4.83. The lowest BCUT2D eigenvalue weighted by molar-refractivity contribution is 1.10. The summed E-state index contributed by atoms with van der Waals surface area (Å²) in [6, 6.07) is 9.83. The third-order valence-corrected chi connectivity index (χ3v) is 5.51. The molecule has 7 nitrogen and oxygen atoms in total. The van der Waals surface area contributed by atoms with Gasteiger partial charge in [0.1, 0.15) is 11.2 Å². The molecule has 0 amide bonds. The fraction of sp³-hybridized carbons (Fsp3) is 0. The van der Waals surface area contributed by atoms with Crippen LogP contribution in [-0.4, -0.2) is 35.1 Å². The summed E-state index contributed by atoms with van der Waals surface area (Å²) in [5.41, 5.74) is 7.06. The Morgan fingerprint density at radius 3 is 2.79 bits per heavy atom. The second kappa shape index (κ2) is 6.32. The molecule has 0 aliphatic heterocycles. The maximum atomic E-state index is 4.85. The Bertz CT molecular complexity index is 1450. The molecule has 0 aromatic carbocycles. The summed E-state index contributed by atoms with van der Waals surface area (Å²) in [5, 5.41) is 12.6. The van der Waals surface area contributed by atoms with E-state index in [-0.39, 0.29) is 0 Å². The molecule has 6 aromatic heterocycles. The fourth-order valence-electron chi connectivity index (χ4n) is 3.43. The van der Waals surface area contributed by atoms with Gasteiger partial charge >= 0.3 is 0 Å². The molecule has 138 valence electrons. The van der Waals surface area contributed by atoms with E-state index >= 15 is 0 Å². The summed E-state index contributed by atoms with van der Waals surface area (Å²) in [7, 11) is 0. The highest BCUT2D eigenvalue weighted by molar-refractivity contribution is 7.08. The number of imidazole rings is 1. The van der Waals surface area contributed by atoms with Crippen LogP contribution in [0.5, 0.6) is 0 Å². The van der Waals surface area contributed by atoms with E-state index in [0.29, 0.717) is 5.82 Å². The van der Waals surface area contributed by atoms with Crippen LogP contribution in [0.2, 0.25) is 0 Å². The van der Waals surface area contributed by atoms with Gasteiger partial charge in [0.05, 0.1) is 34.8 Å². The van der Waals surface area contributed by atoms with Crippen LogP contribution in [0.25, 0.3) is 56.0 Å². The molecule has 0 saturated carbocycles. The molecule has 0 spiro atoms. The third kappa shape index (κ3) is 2.61. The monoisotopic (exact) mass is 395 g/mol. The van der Waals surface area contributed by atoms with Gasteiger partial charge in [-0.3, -0.25) is 20.1 Å². The van der Waals surface area contributed by atoms with E-state index in [1.165, 1.54) is 0 Å². The molecular weight excluding hydrogens is 382 g/mol. The normalized spacial score (nSPS) is 11.4. The molecule has 0 unspecified atom stereocenters. The Balaban J connectivity index is 1.53. The van der Waals surface area contributed by atoms with Crippen LogP contribution in [0.15, 0.2) is 65.9 Å². The van der Waals surface area contributed by atoms with Crippen molar-refractivity contribution in [1.82, 2.24) is 35.1 Å². The summed E-state index contributed by atoms with van der Waals surface area (Å²) < 4.78 is 0. The number of hydrogen-bond acceptors (Lipinski definition) is 6. The Kier molecular flexibility index (Phi) is 3.50. The predicted octanol–water partition coefficient (Wildman–Crippen LogP) is 4.69. The zero-order valence-corrected chi connectivity index (χ0v) is 15.8. The first-order valence-corrected chi connectivity index (χ1v) is 9.93. The molecule has 0 bridgehead atoms. The van der Waals surface area contributed by atoms with Gasteiger partial charge in [-0.2, -0.15) is 16.4 Å². The van der Waals surface area contributed by atoms with Gasteiger partial charge in [-0.25, -0.2) is 4.98 Å². The number of thiophene rings is 1. The Morgan fingerprint density at radius 2 is 1.93 bits per heavy atom. The van der Waals surface area contributed by atoms with Crippen LogP contribution in [0.1, 0.15) is 0 Å². The van der Waals surface area contributed by atoms with E-state index in [1.807, 2.05) is 30.5 Å². The van der Waals surface area contributed by atoms with E-state index in [2.05, 4.69) is 47.0 Å². The van der Waals surface area contributed by atoms with Gasteiger partial charge < -0.3 is 4.98 Å². The summed E-state index contributed by atoms with van der Waals surface area (Å²) in [4.78, 5) is 21.5. The molecule has 2 N–H and O–H groups in total. The Morgan fingerprint density at radius 1 is 0.931 bits per heavy atom. The van der Waals surface area contributed by atoms with Gasteiger partial charge in [-0.1, -0.05) is 6.07 Å². The van der Waals surface area contributed by atoms with Gasteiger partial charge in [-0.05, 0) is 40.6 Å². The number of nitrogens with one attached hydrogen (secondary N) is 2. The van der Waals surface area contributed by atoms with Gasteiger partial charge in [-0.15, -0.1) is 0 Å². The topological polar surface area (TPSA) is 96.0 Å². The second-order valence-electron chi connectivity index (χ2n) is 6.58. The minimum absolute atomic E-state index is 0.689. The van der Waals surface area contributed by atoms with E-state index in [4.69, 9.17) is 4.98 Å². The molecule has 6 heterocycles. The molecule has 0 aliphatic carbocycles. The molecule has 0 atom stereocenters. The number of hydrogen-bond donors (Lipinski definition) is 2. The number of aromatic nitrogens is 7. The van der Waals surface area contributed by atoms with Crippen LogP contribution >= 0.6 is 11.3 Å². The van der Waals surface area contributed by atoms with Crippen LogP contribution < -0.4 is 0 Å². The Labute approximate surface area is 168 Å². The summed E-state index contributed by atoms with van der Waals surface area (Å²) >= 11 is 1.65. The zero-order chi connectivity index (χ0) is 19.2. The van der Waals surface area contributed by atoms with Crippen LogP contribution in [-0.2, 0) is 0 Å². The fourth-order valence-corrected chi connectivity index (χ4v) is 4.08. The van der Waals surface area contributed by atoms with Crippen molar-refractivity contribution in [2.75, 3.05) is 0 Å². The minimum atomic E-state index is 0.689. The predicted molar refractivity (Wildman–Crippen MR) is 113 cm³/mol. The molecule has 0 fully saturated rings. The van der Waals surface area contributed by atoms with Gasteiger partial charge in [0.25, 0.3) is 0 Å². The van der Waals surface area contributed by atoms with E-state index in [9.17, 15) is 0 Å². The standard InChI is InChI=1S/C21H13N7S/c1-2-5-23-15(3-1)16-7-13-17(10-24-16)27-28-20(13)21-25-18-9-22-8-14(19(18)26-21)12-4-6-29-11-12/h1-11H,(H,25,26)(H,27,28). The van der Waals surface area contributed by atoms with E-state index in [0.717, 1.165) is 50.1 Å². The highest BCUT2D eigenvalue weighted by Crippen LogP contribution is 2.32. The minimum Gasteiger partial charge on any atom is -0.335 e.